The maximum atomic E-state index is 13.3. The molecule has 0 saturated heterocycles. The van der Waals surface area contributed by atoms with Crippen molar-refractivity contribution < 1.29 is 13.2 Å². The van der Waals surface area contributed by atoms with E-state index in [0.29, 0.717) is 17.0 Å². The van der Waals surface area contributed by atoms with Crippen molar-refractivity contribution >= 4 is 27.4 Å². The molecule has 0 N–H and O–H groups in total. The van der Waals surface area contributed by atoms with Crippen molar-refractivity contribution in [1.82, 2.24) is 4.31 Å². The Hall–Kier alpha value is -1.95. The van der Waals surface area contributed by atoms with Crippen LogP contribution in [0.25, 0.3) is 0 Å². The molecule has 2 aromatic rings. The summed E-state index contributed by atoms with van der Waals surface area (Å²) in [5, 5.41) is 0.552. The number of hydrogen-bond acceptors (Lipinski definition) is 3. The van der Waals surface area contributed by atoms with Gasteiger partial charge in [0.05, 0.1) is 10.9 Å². The molecule has 1 unspecified atom stereocenters. The highest BCUT2D eigenvalue weighted by Crippen LogP contribution is 2.35. The van der Waals surface area contributed by atoms with Crippen molar-refractivity contribution in [3.8, 4) is 0 Å². The van der Waals surface area contributed by atoms with Crippen molar-refractivity contribution in [2.45, 2.75) is 31.2 Å². The van der Waals surface area contributed by atoms with Crippen LogP contribution in [0.1, 0.15) is 30.5 Å². The van der Waals surface area contributed by atoms with Crippen LogP contribution in [0, 0.1) is 6.92 Å². The van der Waals surface area contributed by atoms with Crippen LogP contribution in [0.5, 0.6) is 0 Å². The fraction of sp³-hybridized carbons (Fsp3) is 0.250. The summed E-state index contributed by atoms with van der Waals surface area (Å²) in [7, 11) is -3.76. The standard InChI is InChI=1S/C20H20ClNO3S/c1-14-6-9-19(10-7-14)26(24,25)22-13-17(15(2)23)8-11-20(22)16-4-3-5-18(21)12-16/h3-10,12,20H,11,13H2,1-2H3. The molecule has 26 heavy (non-hydrogen) atoms. The summed E-state index contributed by atoms with van der Waals surface area (Å²) in [5.74, 6) is -0.112. The van der Waals surface area contributed by atoms with Crippen LogP contribution < -0.4 is 0 Å². The van der Waals surface area contributed by atoms with Gasteiger partial charge in [0.1, 0.15) is 0 Å². The largest absolute Gasteiger partial charge is 0.295 e. The second kappa shape index (κ2) is 7.35. The summed E-state index contributed by atoms with van der Waals surface area (Å²) in [5.41, 5.74) is 2.31. The van der Waals surface area contributed by atoms with E-state index in [1.165, 1.54) is 11.2 Å². The maximum absolute atomic E-state index is 13.3. The highest BCUT2D eigenvalue weighted by Gasteiger charge is 2.35. The molecule has 4 nitrogen and oxygen atoms in total. The Morgan fingerprint density at radius 1 is 1.15 bits per heavy atom. The van der Waals surface area contributed by atoms with Gasteiger partial charge in [-0.15, -0.1) is 0 Å². The SMILES string of the molecule is CC(=O)C1=CCC(c2cccc(Cl)c2)N(S(=O)(=O)c2ccc(C)cc2)C1. The van der Waals surface area contributed by atoms with E-state index in [-0.39, 0.29) is 17.2 Å². The number of Topliss-reactive ketones (excluding diaryl/α,β-unsaturated/α-hetero) is 1. The topological polar surface area (TPSA) is 54.5 Å². The van der Waals surface area contributed by atoms with Crippen molar-refractivity contribution in [2.24, 2.45) is 0 Å². The molecule has 0 spiro atoms. The molecule has 2 aromatic carbocycles. The predicted molar refractivity (Wildman–Crippen MR) is 103 cm³/mol. The third-order valence-corrected chi connectivity index (χ3v) is 6.68. The molecule has 1 aliphatic rings. The van der Waals surface area contributed by atoms with Crippen LogP contribution >= 0.6 is 11.6 Å². The Labute approximate surface area is 159 Å². The molecule has 1 heterocycles. The van der Waals surface area contributed by atoms with Gasteiger partial charge < -0.3 is 0 Å². The van der Waals surface area contributed by atoms with Crippen molar-refractivity contribution in [2.75, 3.05) is 6.54 Å². The van der Waals surface area contributed by atoms with Gasteiger partial charge in [0.25, 0.3) is 0 Å². The number of carbonyl (C=O) groups excluding carboxylic acids is 1. The summed E-state index contributed by atoms with van der Waals surface area (Å²) in [6.45, 7) is 3.42. The monoisotopic (exact) mass is 389 g/mol. The zero-order chi connectivity index (χ0) is 18.9. The van der Waals surface area contributed by atoms with E-state index in [0.717, 1.165) is 11.1 Å². The van der Waals surface area contributed by atoms with Crippen LogP contribution in [0.2, 0.25) is 5.02 Å². The van der Waals surface area contributed by atoms with E-state index >= 15 is 0 Å². The molecule has 0 bridgehead atoms. The smallest absolute Gasteiger partial charge is 0.243 e. The van der Waals surface area contributed by atoms with Gasteiger partial charge in [-0.25, -0.2) is 8.42 Å². The van der Waals surface area contributed by atoms with E-state index in [4.69, 9.17) is 11.6 Å². The molecule has 0 radical (unpaired) electrons. The summed E-state index contributed by atoms with van der Waals surface area (Å²) >= 11 is 6.10. The molecule has 136 valence electrons. The Morgan fingerprint density at radius 2 is 1.85 bits per heavy atom. The Balaban J connectivity index is 2.08. The average Bonchev–Trinajstić information content (AvgIpc) is 2.61. The molecule has 1 atom stereocenters. The lowest BCUT2D eigenvalue weighted by Gasteiger charge is -2.34. The van der Waals surface area contributed by atoms with E-state index in [1.54, 1.807) is 42.5 Å². The minimum atomic E-state index is -3.76. The van der Waals surface area contributed by atoms with Crippen molar-refractivity contribution in [3.63, 3.8) is 0 Å². The molecule has 0 aromatic heterocycles. The van der Waals surface area contributed by atoms with Gasteiger partial charge in [-0.2, -0.15) is 4.31 Å². The molecule has 3 rings (SSSR count). The first kappa shape index (κ1) is 18.8. The Morgan fingerprint density at radius 3 is 2.46 bits per heavy atom. The lowest BCUT2D eigenvalue weighted by molar-refractivity contribution is -0.113. The number of rotatable bonds is 4. The number of carbonyl (C=O) groups is 1. The molecular weight excluding hydrogens is 370 g/mol. The molecule has 0 saturated carbocycles. The highest BCUT2D eigenvalue weighted by molar-refractivity contribution is 7.89. The van der Waals surface area contributed by atoms with Gasteiger partial charge in [-0.3, -0.25) is 4.79 Å². The molecular formula is C20H20ClNO3S. The first-order chi connectivity index (χ1) is 12.3. The molecule has 1 aliphatic heterocycles. The normalized spacial score (nSPS) is 18.4. The second-order valence-corrected chi connectivity index (χ2v) is 8.78. The van der Waals surface area contributed by atoms with E-state index < -0.39 is 16.1 Å². The first-order valence-electron chi connectivity index (χ1n) is 8.33. The van der Waals surface area contributed by atoms with Gasteiger partial charge >= 0.3 is 0 Å². The third-order valence-electron chi connectivity index (χ3n) is 4.57. The number of benzene rings is 2. The fourth-order valence-electron chi connectivity index (χ4n) is 3.08. The highest BCUT2D eigenvalue weighted by atomic mass is 35.5. The fourth-order valence-corrected chi connectivity index (χ4v) is 4.88. The Bertz CT molecular complexity index is 965. The molecule has 0 amide bonds. The summed E-state index contributed by atoms with van der Waals surface area (Å²) in [6, 6.07) is 13.5. The number of halogens is 1. The Kier molecular flexibility index (Phi) is 5.32. The van der Waals surface area contributed by atoms with Gasteiger partial charge in [-0.05, 0) is 50.1 Å². The van der Waals surface area contributed by atoms with Crippen LogP contribution in [-0.2, 0) is 14.8 Å². The minimum Gasteiger partial charge on any atom is -0.295 e. The van der Waals surface area contributed by atoms with Crippen LogP contribution in [0.4, 0.5) is 0 Å². The van der Waals surface area contributed by atoms with E-state index in [1.807, 2.05) is 19.1 Å². The van der Waals surface area contributed by atoms with Crippen molar-refractivity contribution in [1.29, 1.82) is 0 Å². The van der Waals surface area contributed by atoms with Crippen LogP contribution in [-0.4, -0.2) is 25.1 Å². The third kappa shape index (κ3) is 3.75. The van der Waals surface area contributed by atoms with Gasteiger partial charge in [-0.1, -0.05) is 47.5 Å². The molecule has 6 heteroatoms. The minimum absolute atomic E-state index is 0.0583. The lowest BCUT2D eigenvalue weighted by atomic mass is 9.97. The van der Waals surface area contributed by atoms with E-state index in [2.05, 4.69) is 0 Å². The van der Waals surface area contributed by atoms with Gasteiger partial charge in [0.2, 0.25) is 10.0 Å². The second-order valence-electron chi connectivity index (χ2n) is 6.46. The van der Waals surface area contributed by atoms with Gasteiger partial charge in [0.15, 0.2) is 5.78 Å². The lowest BCUT2D eigenvalue weighted by Crippen LogP contribution is -2.39. The van der Waals surface area contributed by atoms with Crippen LogP contribution in [0.15, 0.2) is 65.1 Å². The predicted octanol–water partition coefficient (Wildman–Crippen LogP) is 4.30. The zero-order valence-corrected chi connectivity index (χ0v) is 16.2. The van der Waals surface area contributed by atoms with Crippen molar-refractivity contribution in [3.05, 3.63) is 76.3 Å². The molecule has 0 fully saturated rings. The first-order valence-corrected chi connectivity index (χ1v) is 10.1. The van der Waals surface area contributed by atoms with Crippen LogP contribution in [0.3, 0.4) is 0 Å². The van der Waals surface area contributed by atoms with E-state index in [9.17, 15) is 13.2 Å². The zero-order valence-electron chi connectivity index (χ0n) is 14.6. The number of nitrogens with zero attached hydrogens (tertiary/aromatic N) is 1. The average molecular weight is 390 g/mol. The summed E-state index contributed by atoms with van der Waals surface area (Å²) in [6.07, 6.45) is 2.26. The number of ketones is 1. The maximum Gasteiger partial charge on any atom is 0.243 e. The number of hydrogen-bond donors (Lipinski definition) is 0. The number of sulfonamides is 1. The summed E-state index contributed by atoms with van der Waals surface area (Å²) < 4.78 is 28.0. The molecule has 0 aliphatic carbocycles. The number of aryl methyl sites for hydroxylation is 1. The quantitative estimate of drug-likeness (QED) is 0.783. The summed E-state index contributed by atoms with van der Waals surface area (Å²) in [4.78, 5) is 12.1. The van der Waals surface area contributed by atoms with Gasteiger partial charge in [0, 0.05) is 17.1 Å².